The second kappa shape index (κ2) is 8.89. The summed E-state index contributed by atoms with van der Waals surface area (Å²) in [7, 11) is 0. The van der Waals surface area contributed by atoms with Crippen molar-refractivity contribution in [3.63, 3.8) is 0 Å². The number of hydrogen-bond donors (Lipinski definition) is 1. The van der Waals surface area contributed by atoms with E-state index in [0.29, 0.717) is 24.9 Å². The smallest absolute Gasteiger partial charge is 0.246 e. The van der Waals surface area contributed by atoms with Crippen LogP contribution in [0.4, 0.5) is 5.69 Å². The van der Waals surface area contributed by atoms with Gasteiger partial charge < -0.3 is 19.3 Å². The van der Waals surface area contributed by atoms with E-state index in [1.807, 2.05) is 48.5 Å². The molecule has 1 fully saturated rings. The lowest BCUT2D eigenvalue weighted by atomic mass is 10.1. The van der Waals surface area contributed by atoms with Gasteiger partial charge in [0.15, 0.2) is 0 Å². The molecule has 0 bridgehead atoms. The molecule has 0 saturated carbocycles. The van der Waals surface area contributed by atoms with Gasteiger partial charge in [-0.2, -0.15) is 4.98 Å². The first-order valence-electron chi connectivity index (χ1n) is 9.75. The molecule has 0 aliphatic carbocycles. The van der Waals surface area contributed by atoms with E-state index in [-0.39, 0.29) is 6.10 Å². The van der Waals surface area contributed by atoms with Gasteiger partial charge in [0.2, 0.25) is 11.7 Å². The number of aryl methyl sites for hydroxylation is 1. The monoisotopic (exact) mass is 379 g/mol. The Morgan fingerprint density at radius 3 is 2.79 bits per heavy atom. The molecular formula is C22H25N3O3. The molecule has 2 heterocycles. The van der Waals surface area contributed by atoms with E-state index >= 15 is 0 Å². The Morgan fingerprint density at radius 2 is 1.96 bits per heavy atom. The molecule has 0 radical (unpaired) electrons. The van der Waals surface area contributed by atoms with Crippen LogP contribution in [0.3, 0.4) is 0 Å². The highest BCUT2D eigenvalue weighted by Gasteiger charge is 2.15. The van der Waals surface area contributed by atoms with Crippen molar-refractivity contribution in [1.29, 1.82) is 0 Å². The maximum atomic E-state index is 6.00. The number of benzene rings is 2. The zero-order valence-electron chi connectivity index (χ0n) is 16.1. The van der Waals surface area contributed by atoms with Gasteiger partial charge in [-0.05, 0) is 38.3 Å². The number of hydrogen-bond acceptors (Lipinski definition) is 6. The minimum atomic E-state index is 0.176. The maximum Gasteiger partial charge on any atom is 0.246 e. The average molecular weight is 379 g/mol. The van der Waals surface area contributed by atoms with Gasteiger partial charge in [0, 0.05) is 12.2 Å². The molecular weight excluding hydrogens is 354 g/mol. The van der Waals surface area contributed by atoms with E-state index in [4.69, 9.17) is 14.0 Å². The van der Waals surface area contributed by atoms with Gasteiger partial charge in [-0.25, -0.2) is 0 Å². The Kier molecular flexibility index (Phi) is 5.87. The number of rotatable bonds is 7. The topological polar surface area (TPSA) is 69.4 Å². The van der Waals surface area contributed by atoms with Gasteiger partial charge in [-0.15, -0.1) is 0 Å². The van der Waals surface area contributed by atoms with Crippen LogP contribution in [0.25, 0.3) is 11.4 Å². The molecule has 4 rings (SSSR count). The zero-order valence-corrected chi connectivity index (χ0v) is 16.1. The molecule has 1 saturated heterocycles. The predicted octanol–water partition coefficient (Wildman–Crippen LogP) is 4.61. The molecule has 2 aromatic carbocycles. The largest absolute Gasteiger partial charge is 0.489 e. The van der Waals surface area contributed by atoms with E-state index < -0.39 is 0 Å². The summed E-state index contributed by atoms with van der Waals surface area (Å²) in [6.07, 6.45) is 3.58. The third-order valence-corrected chi connectivity index (χ3v) is 4.79. The number of para-hydroxylation sites is 2. The summed E-state index contributed by atoms with van der Waals surface area (Å²) in [5.74, 6) is 1.92. The Bertz CT molecular complexity index is 886. The molecule has 6 heteroatoms. The fourth-order valence-corrected chi connectivity index (χ4v) is 3.18. The third kappa shape index (κ3) is 4.70. The highest BCUT2D eigenvalue weighted by molar-refractivity contribution is 5.57. The van der Waals surface area contributed by atoms with Crippen LogP contribution < -0.4 is 10.1 Å². The molecule has 1 N–H and O–H groups in total. The summed E-state index contributed by atoms with van der Waals surface area (Å²) >= 11 is 0. The second-order valence-electron chi connectivity index (χ2n) is 7.03. The SMILES string of the molecule is Cc1ccc(-c2noc(CNc3ccccc3OCC3CCCCO3)n2)cc1. The van der Waals surface area contributed by atoms with Crippen LogP contribution >= 0.6 is 0 Å². The zero-order chi connectivity index (χ0) is 19.2. The Morgan fingerprint density at radius 1 is 1.11 bits per heavy atom. The number of ether oxygens (including phenoxy) is 2. The Labute approximate surface area is 164 Å². The van der Waals surface area contributed by atoms with Gasteiger partial charge >= 0.3 is 0 Å². The van der Waals surface area contributed by atoms with Crippen molar-refractivity contribution in [2.24, 2.45) is 0 Å². The van der Waals surface area contributed by atoms with Crippen LogP contribution in [0, 0.1) is 6.92 Å². The fourth-order valence-electron chi connectivity index (χ4n) is 3.18. The molecule has 146 valence electrons. The van der Waals surface area contributed by atoms with Crippen LogP contribution in [-0.4, -0.2) is 29.5 Å². The number of anilines is 1. The third-order valence-electron chi connectivity index (χ3n) is 4.79. The van der Waals surface area contributed by atoms with Gasteiger partial charge in [0.05, 0.1) is 18.3 Å². The number of nitrogens with one attached hydrogen (secondary N) is 1. The molecule has 1 aliphatic rings. The molecule has 3 aromatic rings. The second-order valence-corrected chi connectivity index (χ2v) is 7.03. The Hall–Kier alpha value is -2.86. The van der Waals surface area contributed by atoms with Gasteiger partial charge in [-0.3, -0.25) is 0 Å². The summed E-state index contributed by atoms with van der Waals surface area (Å²) in [6, 6.07) is 15.9. The van der Waals surface area contributed by atoms with Crippen molar-refractivity contribution in [2.75, 3.05) is 18.5 Å². The molecule has 6 nitrogen and oxygen atoms in total. The van der Waals surface area contributed by atoms with Crippen LogP contribution in [-0.2, 0) is 11.3 Å². The summed E-state index contributed by atoms with van der Waals surface area (Å²) in [6.45, 7) is 3.87. The van der Waals surface area contributed by atoms with Crippen molar-refractivity contribution >= 4 is 5.69 Å². The quantitative estimate of drug-likeness (QED) is 0.647. The standard InChI is InChI=1S/C22H25N3O3/c1-16-9-11-17(12-10-16)22-24-21(28-25-22)14-23-19-7-2-3-8-20(19)27-15-18-6-4-5-13-26-18/h2-3,7-12,18,23H,4-6,13-15H2,1H3. The summed E-state index contributed by atoms with van der Waals surface area (Å²) in [4.78, 5) is 4.47. The van der Waals surface area contributed by atoms with Crippen molar-refractivity contribution in [3.8, 4) is 17.1 Å². The first kappa shape index (κ1) is 18.5. The first-order chi connectivity index (χ1) is 13.8. The normalized spacial score (nSPS) is 16.7. The average Bonchev–Trinajstić information content (AvgIpc) is 3.22. The molecule has 1 aromatic heterocycles. The minimum Gasteiger partial charge on any atom is -0.489 e. The summed E-state index contributed by atoms with van der Waals surface area (Å²) in [5.41, 5.74) is 3.04. The first-order valence-corrected chi connectivity index (χ1v) is 9.75. The van der Waals surface area contributed by atoms with Gasteiger partial charge in [-0.1, -0.05) is 47.1 Å². The lowest BCUT2D eigenvalue weighted by molar-refractivity contribution is -0.0109. The molecule has 1 atom stereocenters. The maximum absolute atomic E-state index is 6.00. The van der Waals surface area contributed by atoms with E-state index in [2.05, 4.69) is 22.4 Å². The van der Waals surface area contributed by atoms with Crippen LogP contribution in [0.15, 0.2) is 53.1 Å². The lowest BCUT2D eigenvalue weighted by Crippen LogP contribution is -2.26. The van der Waals surface area contributed by atoms with Crippen molar-refractivity contribution < 1.29 is 14.0 Å². The van der Waals surface area contributed by atoms with E-state index in [9.17, 15) is 0 Å². The summed E-state index contributed by atoms with van der Waals surface area (Å²) < 4.78 is 17.1. The van der Waals surface area contributed by atoms with Crippen LogP contribution in [0.1, 0.15) is 30.7 Å². The van der Waals surface area contributed by atoms with Gasteiger partial charge in [0.1, 0.15) is 12.4 Å². The molecule has 28 heavy (non-hydrogen) atoms. The minimum absolute atomic E-state index is 0.176. The number of aromatic nitrogens is 2. The summed E-state index contributed by atoms with van der Waals surface area (Å²) in [5, 5.41) is 7.40. The molecule has 0 spiro atoms. The molecule has 1 unspecified atom stereocenters. The highest BCUT2D eigenvalue weighted by Crippen LogP contribution is 2.26. The van der Waals surface area contributed by atoms with Crippen LogP contribution in [0.2, 0.25) is 0 Å². The Balaban J connectivity index is 1.36. The van der Waals surface area contributed by atoms with Crippen molar-refractivity contribution in [1.82, 2.24) is 10.1 Å². The van der Waals surface area contributed by atoms with Crippen LogP contribution in [0.5, 0.6) is 5.75 Å². The van der Waals surface area contributed by atoms with Crippen molar-refractivity contribution in [2.45, 2.75) is 38.8 Å². The highest BCUT2D eigenvalue weighted by atomic mass is 16.5. The number of nitrogens with zero attached hydrogens (tertiary/aromatic N) is 2. The van der Waals surface area contributed by atoms with E-state index in [1.54, 1.807) is 0 Å². The fraction of sp³-hybridized carbons (Fsp3) is 0.364. The van der Waals surface area contributed by atoms with E-state index in [1.165, 1.54) is 12.0 Å². The molecule has 1 aliphatic heterocycles. The molecule has 0 amide bonds. The lowest BCUT2D eigenvalue weighted by Gasteiger charge is -2.23. The van der Waals surface area contributed by atoms with E-state index in [0.717, 1.165) is 36.4 Å². The van der Waals surface area contributed by atoms with Crippen molar-refractivity contribution in [3.05, 3.63) is 60.0 Å². The van der Waals surface area contributed by atoms with Gasteiger partial charge in [0.25, 0.3) is 0 Å². The predicted molar refractivity (Wildman–Crippen MR) is 107 cm³/mol.